The zero-order chi connectivity index (χ0) is 17.1. The SMILES string of the molecule is CNc1ccc(-n2cnc3cc(OCC4CCCCO4)ccc32)cc1. The lowest BCUT2D eigenvalue weighted by Crippen LogP contribution is -2.25. The Morgan fingerprint density at radius 1 is 1.20 bits per heavy atom. The summed E-state index contributed by atoms with van der Waals surface area (Å²) in [4.78, 5) is 4.53. The van der Waals surface area contributed by atoms with Crippen molar-refractivity contribution in [2.45, 2.75) is 25.4 Å². The Morgan fingerprint density at radius 2 is 2.08 bits per heavy atom. The predicted molar refractivity (Wildman–Crippen MR) is 99.7 cm³/mol. The van der Waals surface area contributed by atoms with Crippen LogP contribution in [0.1, 0.15) is 19.3 Å². The van der Waals surface area contributed by atoms with Gasteiger partial charge in [0.2, 0.25) is 0 Å². The molecule has 0 amide bonds. The van der Waals surface area contributed by atoms with Crippen molar-refractivity contribution in [3.05, 3.63) is 48.8 Å². The first-order valence-electron chi connectivity index (χ1n) is 8.83. The van der Waals surface area contributed by atoms with Crippen LogP contribution in [-0.4, -0.2) is 35.9 Å². The van der Waals surface area contributed by atoms with Crippen LogP contribution in [0, 0.1) is 0 Å². The molecule has 1 unspecified atom stereocenters. The lowest BCUT2D eigenvalue weighted by Gasteiger charge is -2.22. The van der Waals surface area contributed by atoms with Gasteiger partial charge in [0.15, 0.2) is 0 Å². The van der Waals surface area contributed by atoms with Crippen LogP contribution in [0.3, 0.4) is 0 Å². The summed E-state index contributed by atoms with van der Waals surface area (Å²) in [5, 5.41) is 3.13. The van der Waals surface area contributed by atoms with Gasteiger partial charge in [-0.15, -0.1) is 0 Å². The summed E-state index contributed by atoms with van der Waals surface area (Å²) >= 11 is 0. The van der Waals surface area contributed by atoms with Gasteiger partial charge in [0.25, 0.3) is 0 Å². The minimum absolute atomic E-state index is 0.215. The highest BCUT2D eigenvalue weighted by Gasteiger charge is 2.14. The minimum Gasteiger partial charge on any atom is -0.491 e. The number of rotatable bonds is 5. The van der Waals surface area contributed by atoms with Crippen molar-refractivity contribution >= 4 is 16.7 Å². The van der Waals surface area contributed by atoms with Gasteiger partial charge in [0.1, 0.15) is 18.7 Å². The summed E-state index contributed by atoms with van der Waals surface area (Å²) in [7, 11) is 1.92. The van der Waals surface area contributed by atoms with Crippen molar-refractivity contribution in [2.24, 2.45) is 0 Å². The van der Waals surface area contributed by atoms with Crippen LogP contribution < -0.4 is 10.1 Å². The van der Waals surface area contributed by atoms with Gasteiger partial charge in [0.05, 0.1) is 17.1 Å². The van der Waals surface area contributed by atoms with E-state index in [0.717, 1.165) is 47.6 Å². The van der Waals surface area contributed by atoms with E-state index in [1.165, 1.54) is 6.42 Å². The fourth-order valence-electron chi connectivity index (χ4n) is 3.20. The number of hydrogen-bond donors (Lipinski definition) is 1. The molecule has 5 heteroatoms. The van der Waals surface area contributed by atoms with E-state index in [-0.39, 0.29) is 6.10 Å². The number of ether oxygens (including phenoxy) is 2. The number of aromatic nitrogens is 2. The highest BCUT2D eigenvalue weighted by molar-refractivity contribution is 5.79. The van der Waals surface area contributed by atoms with E-state index in [4.69, 9.17) is 9.47 Å². The number of fused-ring (bicyclic) bond motifs is 1. The van der Waals surface area contributed by atoms with Crippen molar-refractivity contribution in [1.29, 1.82) is 0 Å². The number of nitrogens with zero attached hydrogens (tertiary/aromatic N) is 2. The Morgan fingerprint density at radius 3 is 2.84 bits per heavy atom. The largest absolute Gasteiger partial charge is 0.491 e. The number of nitrogens with one attached hydrogen (secondary N) is 1. The molecule has 1 aromatic heterocycles. The van der Waals surface area contributed by atoms with Gasteiger partial charge in [-0.25, -0.2) is 4.98 Å². The quantitative estimate of drug-likeness (QED) is 0.764. The lowest BCUT2D eigenvalue weighted by atomic mass is 10.1. The second kappa shape index (κ2) is 7.15. The van der Waals surface area contributed by atoms with Crippen molar-refractivity contribution < 1.29 is 9.47 Å². The van der Waals surface area contributed by atoms with Crippen molar-refractivity contribution in [3.8, 4) is 11.4 Å². The Hall–Kier alpha value is -2.53. The van der Waals surface area contributed by atoms with Crippen molar-refractivity contribution in [3.63, 3.8) is 0 Å². The average Bonchev–Trinajstić information content (AvgIpc) is 3.10. The highest BCUT2D eigenvalue weighted by Crippen LogP contribution is 2.24. The molecule has 4 rings (SSSR count). The van der Waals surface area contributed by atoms with Gasteiger partial charge in [0, 0.05) is 31.1 Å². The fourth-order valence-corrected chi connectivity index (χ4v) is 3.20. The molecule has 1 fully saturated rings. The zero-order valence-corrected chi connectivity index (χ0v) is 14.4. The van der Waals surface area contributed by atoms with Crippen LogP contribution in [0.5, 0.6) is 5.75 Å². The monoisotopic (exact) mass is 337 g/mol. The zero-order valence-electron chi connectivity index (χ0n) is 14.4. The third-order valence-corrected chi connectivity index (χ3v) is 4.66. The first kappa shape index (κ1) is 16.0. The maximum atomic E-state index is 5.92. The molecule has 0 bridgehead atoms. The Labute approximate surface area is 147 Å². The number of anilines is 1. The summed E-state index contributed by atoms with van der Waals surface area (Å²) in [6.45, 7) is 1.46. The normalized spacial score (nSPS) is 17.6. The van der Waals surface area contributed by atoms with Crippen molar-refractivity contribution in [1.82, 2.24) is 9.55 Å². The van der Waals surface area contributed by atoms with E-state index in [9.17, 15) is 0 Å². The molecular weight excluding hydrogens is 314 g/mol. The molecule has 1 saturated heterocycles. The third kappa shape index (κ3) is 3.46. The van der Waals surface area contributed by atoms with Gasteiger partial charge in [-0.05, 0) is 55.7 Å². The Kier molecular flexibility index (Phi) is 4.57. The maximum absolute atomic E-state index is 5.92. The van der Waals surface area contributed by atoms with Gasteiger partial charge in [-0.2, -0.15) is 0 Å². The lowest BCUT2D eigenvalue weighted by molar-refractivity contribution is -0.0110. The van der Waals surface area contributed by atoms with E-state index < -0.39 is 0 Å². The molecular formula is C20H23N3O2. The standard InChI is InChI=1S/C20H23N3O2/c1-21-15-5-7-16(8-6-15)23-14-22-19-12-17(9-10-20(19)23)25-13-18-4-2-3-11-24-18/h5-10,12,14,18,21H,2-4,11,13H2,1H3. The number of hydrogen-bond acceptors (Lipinski definition) is 4. The molecule has 1 N–H and O–H groups in total. The third-order valence-electron chi connectivity index (χ3n) is 4.66. The molecule has 1 atom stereocenters. The molecule has 0 saturated carbocycles. The molecule has 130 valence electrons. The van der Waals surface area contributed by atoms with E-state index >= 15 is 0 Å². The maximum Gasteiger partial charge on any atom is 0.121 e. The van der Waals surface area contributed by atoms with E-state index in [1.54, 1.807) is 0 Å². The molecule has 0 spiro atoms. The molecule has 0 aliphatic carbocycles. The summed E-state index contributed by atoms with van der Waals surface area (Å²) < 4.78 is 13.7. The van der Waals surface area contributed by atoms with E-state index in [1.807, 2.05) is 25.5 Å². The van der Waals surface area contributed by atoms with E-state index in [2.05, 4.69) is 45.2 Å². The van der Waals surface area contributed by atoms with Crippen LogP contribution in [0.4, 0.5) is 5.69 Å². The first-order chi connectivity index (χ1) is 12.3. The Bertz CT molecular complexity index is 836. The van der Waals surface area contributed by atoms with Crippen molar-refractivity contribution in [2.75, 3.05) is 25.6 Å². The smallest absolute Gasteiger partial charge is 0.121 e. The molecule has 1 aliphatic heterocycles. The van der Waals surface area contributed by atoms with Crippen LogP contribution in [0.2, 0.25) is 0 Å². The summed E-state index contributed by atoms with van der Waals surface area (Å²) in [5.41, 5.74) is 4.18. The topological polar surface area (TPSA) is 48.3 Å². The Balaban J connectivity index is 1.51. The van der Waals surface area contributed by atoms with Gasteiger partial charge in [-0.3, -0.25) is 4.57 Å². The first-order valence-corrected chi connectivity index (χ1v) is 8.83. The van der Waals surface area contributed by atoms with E-state index in [0.29, 0.717) is 6.61 Å². The highest BCUT2D eigenvalue weighted by atomic mass is 16.5. The molecule has 5 nitrogen and oxygen atoms in total. The second-order valence-corrected chi connectivity index (χ2v) is 6.36. The van der Waals surface area contributed by atoms with Crippen LogP contribution >= 0.6 is 0 Å². The van der Waals surface area contributed by atoms with Crippen LogP contribution in [0.15, 0.2) is 48.8 Å². The van der Waals surface area contributed by atoms with Gasteiger partial charge < -0.3 is 14.8 Å². The number of imidazole rings is 1. The summed E-state index contributed by atoms with van der Waals surface area (Å²) in [6, 6.07) is 14.3. The molecule has 2 heterocycles. The summed E-state index contributed by atoms with van der Waals surface area (Å²) in [6.07, 6.45) is 5.54. The molecule has 3 aromatic rings. The predicted octanol–water partition coefficient (Wildman–Crippen LogP) is 4.02. The van der Waals surface area contributed by atoms with Crippen LogP contribution in [-0.2, 0) is 4.74 Å². The average molecular weight is 337 g/mol. The molecule has 2 aromatic carbocycles. The van der Waals surface area contributed by atoms with Gasteiger partial charge in [-0.1, -0.05) is 0 Å². The molecule has 0 radical (unpaired) electrons. The fraction of sp³-hybridized carbons (Fsp3) is 0.350. The molecule has 1 aliphatic rings. The molecule has 25 heavy (non-hydrogen) atoms. The summed E-state index contributed by atoms with van der Waals surface area (Å²) in [5.74, 6) is 0.845. The minimum atomic E-state index is 0.215. The number of benzene rings is 2. The second-order valence-electron chi connectivity index (χ2n) is 6.36. The van der Waals surface area contributed by atoms with Crippen LogP contribution in [0.25, 0.3) is 16.7 Å². The van der Waals surface area contributed by atoms with Gasteiger partial charge >= 0.3 is 0 Å².